The van der Waals surface area contributed by atoms with E-state index in [1.54, 1.807) is 6.20 Å². The van der Waals surface area contributed by atoms with Crippen LogP contribution in [0.2, 0.25) is 0 Å². The molecule has 0 saturated heterocycles. The van der Waals surface area contributed by atoms with Crippen molar-refractivity contribution in [3.8, 4) is 0 Å². The number of aromatic nitrogens is 2. The molecule has 1 aromatic heterocycles. The molecule has 0 amide bonds. The SMILES string of the molecule is CCCOCCC(O)c1c(Br)cnn1C(C)C. The van der Waals surface area contributed by atoms with Crippen LogP contribution in [0.25, 0.3) is 0 Å². The van der Waals surface area contributed by atoms with Crippen LogP contribution in [-0.2, 0) is 4.74 Å². The Bertz CT molecular complexity index is 339. The van der Waals surface area contributed by atoms with E-state index in [9.17, 15) is 5.11 Å². The summed E-state index contributed by atoms with van der Waals surface area (Å²) in [5.41, 5.74) is 0.833. The van der Waals surface area contributed by atoms with Gasteiger partial charge in [-0.25, -0.2) is 0 Å². The van der Waals surface area contributed by atoms with E-state index in [-0.39, 0.29) is 6.04 Å². The lowest BCUT2D eigenvalue weighted by molar-refractivity contribution is 0.0772. The molecule has 5 heteroatoms. The lowest BCUT2D eigenvalue weighted by Gasteiger charge is -2.16. The lowest BCUT2D eigenvalue weighted by atomic mass is 10.2. The third kappa shape index (κ3) is 4.08. The van der Waals surface area contributed by atoms with Crippen molar-refractivity contribution in [1.82, 2.24) is 9.78 Å². The largest absolute Gasteiger partial charge is 0.387 e. The van der Waals surface area contributed by atoms with E-state index in [0.29, 0.717) is 13.0 Å². The number of aliphatic hydroxyl groups is 1. The highest BCUT2D eigenvalue weighted by Crippen LogP contribution is 2.27. The summed E-state index contributed by atoms with van der Waals surface area (Å²) in [4.78, 5) is 0. The van der Waals surface area contributed by atoms with Crippen molar-refractivity contribution in [3.05, 3.63) is 16.4 Å². The minimum Gasteiger partial charge on any atom is -0.387 e. The molecule has 1 aromatic rings. The van der Waals surface area contributed by atoms with Crippen LogP contribution in [0.3, 0.4) is 0 Å². The number of halogens is 1. The van der Waals surface area contributed by atoms with E-state index in [0.717, 1.165) is 23.2 Å². The lowest BCUT2D eigenvalue weighted by Crippen LogP contribution is -2.13. The Labute approximate surface area is 111 Å². The first-order chi connectivity index (χ1) is 8.07. The van der Waals surface area contributed by atoms with Gasteiger partial charge in [0.15, 0.2) is 0 Å². The van der Waals surface area contributed by atoms with Gasteiger partial charge in [-0.15, -0.1) is 0 Å². The van der Waals surface area contributed by atoms with Crippen molar-refractivity contribution in [2.45, 2.75) is 45.8 Å². The predicted octanol–water partition coefficient (Wildman–Crippen LogP) is 3.08. The molecule has 0 fully saturated rings. The van der Waals surface area contributed by atoms with Crippen molar-refractivity contribution >= 4 is 15.9 Å². The van der Waals surface area contributed by atoms with E-state index < -0.39 is 6.10 Å². The zero-order valence-electron chi connectivity index (χ0n) is 10.7. The molecule has 0 spiro atoms. The van der Waals surface area contributed by atoms with Crippen molar-refractivity contribution in [3.63, 3.8) is 0 Å². The fourth-order valence-corrected chi connectivity index (χ4v) is 2.19. The minimum atomic E-state index is -0.536. The molecule has 0 aliphatic heterocycles. The van der Waals surface area contributed by atoms with Crippen LogP contribution in [0.5, 0.6) is 0 Å². The molecule has 0 saturated carbocycles. The van der Waals surface area contributed by atoms with Gasteiger partial charge in [0, 0.05) is 25.7 Å². The number of rotatable bonds is 7. The van der Waals surface area contributed by atoms with Gasteiger partial charge < -0.3 is 9.84 Å². The third-order valence-corrected chi connectivity index (χ3v) is 3.09. The number of hydrogen-bond acceptors (Lipinski definition) is 3. The summed E-state index contributed by atoms with van der Waals surface area (Å²) in [6, 6.07) is 0.238. The Balaban J connectivity index is 2.61. The summed E-state index contributed by atoms with van der Waals surface area (Å²) in [7, 11) is 0. The van der Waals surface area contributed by atoms with E-state index in [4.69, 9.17) is 4.74 Å². The topological polar surface area (TPSA) is 47.3 Å². The van der Waals surface area contributed by atoms with Gasteiger partial charge in [-0.1, -0.05) is 6.92 Å². The first kappa shape index (κ1) is 14.7. The van der Waals surface area contributed by atoms with Gasteiger partial charge in [-0.05, 0) is 36.2 Å². The van der Waals surface area contributed by atoms with Crippen LogP contribution >= 0.6 is 15.9 Å². The maximum Gasteiger partial charge on any atom is 0.0990 e. The summed E-state index contributed by atoms with van der Waals surface area (Å²) < 4.78 is 8.08. The van der Waals surface area contributed by atoms with Crippen LogP contribution in [0.4, 0.5) is 0 Å². The second-order valence-electron chi connectivity index (χ2n) is 4.33. The smallest absolute Gasteiger partial charge is 0.0990 e. The standard InChI is InChI=1S/C12H21BrN2O2/c1-4-6-17-7-5-11(16)12-10(13)8-14-15(12)9(2)3/h8-9,11,16H,4-7H2,1-3H3. The zero-order chi connectivity index (χ0) is 12.8. The van der Waals surface area contributed by atoms with Gasteiger partial charge in [0.2, 0.25) is 0 Å². The van der Waals surface area contributed by atoms with Crippen molar-refractivity contribution < 1.29 is 9.84 Å². The molecule has 0 aliphatic rings. The predicted molar refractivity (Wildman–Crippen MR) is 71.0 cm³/mol. The van der Waals surface area contributed by atoms with Crippen molar-refractivity contribution in [2.24, 2.45) is 0 Å². The van der Waals surface area contributed by atoms with Gasteiger partial charge in [0.25, 0.3) is 0 Å². The Kier molecular flexibility index (Phi) is 6.16. The Morgan fingerprint density at radius 2 is 2.18 bits per heavy atom. The fourth-order valence-electron chi connectivity index (χ4n) is 1.65. The van der Waals surface area contributed by atoms with Crippen LogP contribution in [-0.4, -0.2) is 28.1 Å². The Hall–Kier alpha value is -0.390. The first-order valence-corrected chi connectivity index (χ1v) is 6.85. The molecule has 98 valence electrons. The molecule has 0 aliphatic carbocycles. The summed E-state index contributed by atoms with van der Waals surface area (Å²) in [6.45, 7) is 7.48. The Morgan fingerprint density at radius 3 is 2.76 bits per heavy atom. The number of ether oxygens (including phenoxy) is 1. The van der Waals surface area contributed by atoms with E-state index in [1.165, 1.54) is 0 Å². The molecule has 4 nitrogen and oxygen atoms in total. The van der Waals surface area contributed by atoms with Gasteiger partial charge in [0.1, 0.15) is 0 Å². The average Bonchev–Trinajstić information content (AvgIpc) is 2.66. The van der Waals surface area contributed by atoms with Crippen LogP contribution in [0.15, 0.2) is 10.7 Å². The molecule has 0 bridgehead atoms. The third-order valence-electron chi connectivity index (χ3n) is 2.48. The van der Waals surface area contributed by atoms with E-state index in [1.807, 2.05) is 18.5 Å². The highest BCUT2D eigenvalue weighted by atomic mass is 79.9. The second-order valence-corrected chi connectivity index (χ2v) is 5.19. The molecule has 1 N–H and O–H groups in total. The average molecular weight is 305 g/mol. The highest BCUT2D eigenvalue weighted by molar-refractivity contribution is 9.10. The number of nitrogens with zero attached hydrogens (tertiary/aromatic N) is 2. The van der Waals surface area contributed by atoms with Gasteiger partial charge in [-0.3, -0.25) is 4.68 Å². The monoisotopic (exact) mass is 304 g/mol. The summed E-state index contributed by atoms with van der Waals surface area (Å²) in [5, 5.41) is 14.4. The van der Waals surface area contributed by atoms with Crippen LogP contribution in [0.1, 0.15) is 51.5 Å². The Morgan fingerprint density at radius 1 is 1.47 bits per heavy atom. The molecule has 17 heavy (non-hydrogen) atoms. The minimum absolute atomic E-state index is 0.238. The maximum atomic E-state index is 10.1. The van der Waals surface area contributed by atoms with E-state index >= 15 is 0 Å². The van der Waals surface area contributed by atoms with Gasteiger partial charge in [0.05, 0.1) is 22.5 Å². The van der Waals surface area contributed by atoms with Gasteiger partial charge >= 0.3 is 0 Å². The van der Waals surface area contributed by atoms with Crippen LogP contribution in [0, 0.1) is 0 Å². The normalized spacial score (nSPS) is 13.3. The zero-order valence-corrected chi connectivity index (χ0v) is 12.3. The van der Waals surface area contributed by atoms with Crippen LogP contribution < -0.4 is 0 Å². The molecule has 1 rings (SSSR count). The summed E-state index contributed by atoms with van der Waals surface area (Å²) >= 11 is 3.42. The first-order valence-electron chi connectivity index (χ1n) is 6.06. The molecular formula is C12H21BrN2O2. The fraction of sp³-hybridized carbons (Fsp3) is 0.750. The molecule has 1 unspecified atom stereocenters. The molecule has 0 aromatic carbocycles. The van der Waals surface area contributed by atoms with Crippen molar-refractivity contribution in [1.29, 1.82) is 0 Å². The maximum absolute atomic E-state index is 10.1. The molecule has 1 heterocycles. The van der Waals surface area contributed by atoms with E-state index in [2.05, 4.69) is 28.0 Å². The number of aliphatic hydroxyl groups excluding tert-OH is 1. The molecule has 0 radical (unpaired) electrons. The van der Waals surface area contributed by atoms with Crippen molar-refractivity contribution in [2.75, 3.05) is 13.2 Å². The van der Waals surface area contributed by atoms with Gasteiger partial charge in [-0.2, -0.15) is 5.10 Å². The summed E-state index contributed by atoms with van der Waals surface area (Å²) in [5.74, 6) is 0. The molecular weight excluding hydrogens is 284 g/mol. The quantitative estimate of drug-likeness (QED) is 0.788. The number of hydrogen-bond donors (Lipinski definition) is 1. The summed E-state index contributed by atoms with van der Waals surface area (Å²) in [6.07, 6.45) is 2.79. The highest BCUT2D eigenvalue weighted by Gasteiger charge is 2.19. The second kappa shape index (κ2) is 7.13. The molecule has 1 atom stereocenters.